The van der Waals surface area contributed by atoms with Crippen LogP contribution in [0.15, 0.2) is 212 Å². The fourth-order valence-electron chi connectivity index (χ4n) is 8.39. The van der Waals surface area contributed by atoms with Crippen LogP contribution >= 0.6 is 0 Å². The third-order valence-corrected chi connectivity index (χ3v) is 10.9. The monoisotopic (exact) mass is 663 g/mol. The number of pyridine rings is 1. The highest BCUT2D eigenvalue weighted by Gasteiger charge is 2.51. The molecule has 52 heavy (non-hydrogen) atoms. The standard InChI is InChI=1S/C50H38BN/c1-37-20-22-44(23-21-37)49-48-19-11-12-36-52(48)51(46-32-28-42(29-33-46)39-15-7-3-8-16-39,47-34-30-43(31-35-47)40-17-9-4-10-18-40)50(49)45-26-24-41(25-27-45)38-13-5-2-6-14-38/h2-36H,1H3. The Balaban J connectivity index is 1.35. The molecule has 246 valence electrons. The number of hydrogen-bond acceptors (Lipinski definition) is 0. The molecule has 0 radical (unpaired) electrons. The van der Waals surface area contributed by atoms with Crippen molar-refractivity contribution < 1.29 is 4.48 Å². The Bertz CT molecular complexity index is 2420. The van der Waals surface area contributed by atoms with Crippen molar-refractivity contribution >= 4 is 28.3 Å². The normalized spacial score (nSPS) is 13.2. The SMILES string of the molecule is Cc1ccc(C2=C(c3ccc(-c4ccccc4)cc3)[B-](c3ccc(-c4ccccc4)cc3)(c3ccc(-c4ccccc4)cc3)[n+]3ccccc32)cc1. The molecular weight excluding hydrogens is 625 g/mol. The molecule has 1 aliphatic rings. The summed E-state index contributed by atoms with van der Waals surface area (Å²) in [6.45, 7) is 2.16. The highest BCUT2D eigenvalue weighted by Crippen LogP contribution is 2.41. The van der Waals surface area contributed by atoms with E-state index in [0.29, 0.717) is 0 Å². The Morgan fingerprint density at radius 2 is 0.692 bits per heavy atom. The molecule has 0 unspecified atom stereocenters. The average Bonchev–Trinajstić information content (AvgIpc) is 3.54. The van der Waals surface area contributed by atoms with Gasteiger partial charge in [-0.25, -0.2) is 0 Å². The molecule has 1 aliphatic heterocycles. The van der Waals surface area contributed by atoms with Gasteiger partial charge in [0.15, 0.2) is 5.69 Å². The van der Waals surface area contributed by atoms with Crippen LogP contribution in [0.5, 0.6) is 0 Å². The molecule has 0 N–H and O–H groups in total. The first-order chi connectivity index (χ1) is 25.7. The van der Waals surface area contributed by atoms with Gasteiger partial charge in [0.2, 0.25) is 0 Å². The summed E-state index contributed by atoms with van der Waals surface area (Å²) < 4.78 is 2.57. The number of rotatable bonds is 7. The second kappa shape index (κ2) is 13.3. The van der Waals surface area contributed by atoms with Crippen molar-refractivity contribution in [3.63, 3.8) is 0 Å². The van der Waals surface area contributed by atoms with Crippen LogP contribution < -0.4 is 15.4 Å². The van der Waals surface area contributed by atoms with Crippen LogP contribution in [0.1, 0.15) is 22.4 Å². The summed E-state index contributed by atoms with van der Waals surface area (Å²) in [5, 5.41) is 0. The van der Waals surface area contributed by atoms with E-state index < -0.39 is 6.28 Å². The maximum atomic E-state index is 2.57. The minimum absolute atomic E-state index is 1.21. The molecule has 9 rings (SSSR count). The zero-order valence-corrected chi connectivity index (χ0v) is 29.2. The second-order valence-corrected chi connectivity index (χ2v) is 13.9. The number of fused-ring (bicyclic) bond motifs is 1. The minimum atomic E-state index is -1.71. The van der Waals surface area contributed by atoms with E-state index in [9.17, 15) is 0 Å². The summed E-state index contributed by atoms with van der Waals surface area (Å²) in [7, 11) is 0. The van der Waals surface area contributed by atoms with E-state index >= 15 is 0 Å². The lowest BCUT2D eigenvalue weighted by atomic mass is 9.23. The van der Waals surface area contributed by atoms with Crippen molar-refractivity contribution in [2.75, 3.05) is 0 Å². The summed E-state index contributed by atoms with van der Waals surface area (Å²) in [4.78, 5) is 0. The van der Waals surface area contributed by atoms with Gasteiger partial charge in [0, 0.05) is 11.6 Å². The Hall–Kier alpha value is -6.51. The number of nitrogens with zero attached hydrogens (tertiary/aromatic N) is 1. The van der Waals surface area contributed by atoms with E-state index in [1.807, 2.05) is 0 Å². The largest absolute Gasteiger partial charge is 0.408 e. The van der Waals surface area contributed by atoms with Crippen molar-refractivity contribution in [3.05, 3.63) is 235 Å². The van der Waals surface area contributed by atoms with Gasteiger partial charge in [-0.15, -0.1) is 16.4 Å². The molecule has 0 bridgehead atoms. The number of hydrogen-bond donors (Lipinski definition) is 0. The van der Waals surface area contributed by atoms with Gasteiger partial charge in [0.05, 0.1) is 0 Å². The second-order valence-electron chi connectivity index (χ2n) is 13.9. The molecule has 2 heterocycles. The Morgan fingerprint density at radius 3 is 1.15 bits per heavy atom. The summed E-state index contributed by atoms with van der Waals surface area (Å²) in [6.07, 6.45) is 0.585. The lowest BCUT2D eigenvalue weighted by molar-refractivity contribution is -0.539. The molecule has 0 saturated carbocycles. The maximum absolute atomic E-state index is 2.57. The third kappa shape index (κ3) is 5.41. The van der Waals surface area contributed by atoms with Gasteiger partial charge < -0.3 is 4.48 Å². The molecule has 7 aromatic carbocycles. The highest BCUT2D eigenvalue weighted by atomic mass is 14.9. The predicted molar refractivity (Wildman–Crippen MR) is 220 cm³/mol. The van der Waals surface area contributed by atoms with E-state index in [0.717, 1.165) is 0 Å². The molecule has 8 aromatic rings. The Kier molecular flexibility index (Phi) is 8.06. The molecule has 0 aliphatic carbocycles. The lowest BCUT2D eigenvalue weighted by Gasteiger charge is -2.36. The molecule has 2 heteroatoms. The zero-order valence-electron chi connectivity index (χ0n) is 29.2. The van der Waals surface area contributed by atoms with Crippen LogP contribution in [0.2, 0.25) is 0 Å². The fraction of sp³-hybridized carbons (Fsp3) is 0.0200. The smallest absolute Gasteiger partial charge is 0.361 e. The molecule has 0 fully saturated rings. The molecule has 1 aromatic heterocycles. The lowest BCUT2D eigenvalue weighted by Crippen LogP contribution is -2.78. The van der Waals surface area contributed by atoms with E-state index in [-0.39, 0.29) is 0 Å². The number of aromatic nitrogens is 1. The van der Waals surface area contributed by atoms with E-state index in [1.165, 1.54) is 77.7 Å². The molecule has 0 spiro atoms. The highest BCUT2D eigenvalue weighted by molar-refractivity contribution is 7.11. The van der Waals surface area contributed by atoms with Gasteiger partial charge >= 0.3 is 6.28 Å². The molecular formula is C50H38BN. The first-order valence-electron chi connectivity index (χ1n) is 18.2. The van der Waals surface area contributed by atoms with Crippen LogP contribution in [0.4, 0.5) is 0 Å². The van der Waals surface area contributed by atoms with E-state index in [4.69, 9.17) is 0 Å². The Labute approximate surface area is 306 Å². The quantitative estimate of drug-likeness (QED) is 0.150. The summed E-state index contributed by atoms with van der Waals surface area (Å²) in [5.74, 6) is 0. The van der Waals surface area contributed by atoms with Gasteiger partial charge in [0.1, 0.15) is 6.20 Å². The topological polar surface area (TPSA) is 3.88 Å². The van der Waals surface area contributed by atoms with Crippen LogP contribution in [0, 0.1) is 6.92 Å². The van der Waals surface area contributed by atoms with Gasteiger partial charge in [0.25, 0.3) is 0 Å². The van der Waals surface area contributed by atoms with Crippen LogP contribution in [0.25, 0.3) is 44.4 Å². The number of benzene rings is 7. The van der Waals surface area contributed by atoms with Crippen LogP contribution in [0.3, 0.4) is 0 Å². The van der Waals surface area contributed by atoms with Gasteiger partial charge in [-0.3, -0.25) is 0 Å². The van der Waals surface area contributed by atoms with Gasteiger partial charge in [-0.1, -0.05) is 205 Å². The first-order valence-corrected chi connectivity index (χ1v) is 18.2. The summed E-state index contributed by atoms with van der Waals surface area (Å²) in [5.41, 5.74) is 17.3. The van der Waals surface area contributed by atoms with Crippen molar-refractivity contribution in [1.82, 2.24) is 0 Å². The average molecular weight is 664 g/mol. The van der Waals surface area contributed by atoms with Crippen LogP contribution in [-0.2, 0) is 0 Å². The van der Waals surface area contributed by atoms with Crippen molar-refractivity contribution in [2.24, 2.45) is 0 Å². The predicted octanol–water partition coefficient (Wildman–Crippen LogP) is 10.4. The van der Waals surface area contributed by atoms with Crippen LogP contribution in [-0.4, -0.2) is 6.28 Å². The minimum Gasteiger partial charge on any atom is -0.408 e. The first kappa shape index (κ1) is 31.5. The van der Waals surface area contributed by atoms with E-state index in [2.05, 4.69) is 224 Å². The third-order valence-electron chi connectivity index (χ3n) is 10.9. The molecule has 0 amide bonds. The zero-order chi connectivity index (χ0) is 34.9. The molecule has 0 saturated heterocycles. The molecule has 1 nitrogen and oxygen atoms in total. The molecule has 0 atom stereocenters. The van der Waals surface area contributed by atoms with Crippen molar-refractivity contribution in [1.29, 1.82) is 0 Å². The van der Waals surface area contributed by atoms with E-state index in [1.54, 1.807) is 0 Å². The number of aryl methyl sites for hydroxylation is 1. The Morgan fingerprint density at radius 1 is 0.327 bits per heavy atom. The summed E-state index contributed by atoms with van der Waals surface area (Å²) >= 11 is 0. The van der Waals surface area contributed by atoms with Crippen molar-refractivity contribution in [2.45, 2.75) is 6.92 Å². The fourth-order valence-corrected chi connectivity index (χ4v) is 8.39. The van der Waals surface area contributed by atoms with Crippen molar-refractivity contribution in [3.8, 4) is 33.4 Å². The van der Waals surface area contributed by atoms with Gasteiger partial charge in [-0.2, -0.15) is 0 Å². The van der Waals surface area contributed by atoms with Gasteiger partial charge in [-0.05, 0) is 51.9 Å². The summed E-state index contributed by atoms with van der Waals surface area (Å²) in [6, 6.07) is 75.7. The maximum Gasteiger partial charge on any atom is 0.361 e.